The molecule has 3 rings (SSSR count). The van der Waals surface area contributed by atoms with Crippen molar-refractivity contribution in [3.05, 3.63) is 66.7 Å². The van der Waals surface area contributed by atoms with Crippen LogP contribution in [0.3, 0.4) is 0 Å². The van der Waals surface area contributed by atoms with Crippen molar-refractivity contribution in [1.82, 2.24) is 9.97 Å². The molecule has 2 N–H and O–H groups in total. The summed E-state index contributed by atoms with van der Waals surface area (Å²) in [4.78, 5) is 19.9. The number of nitrogens with zero attached hydrogens (tertiary/aromatic N) is 2. The van der Waals surface area contributed by atoms with Crippen molar-refractivity contribution in [2.75, 3.05) is 17.7 Å². The molecule has 0 saturated heterocycles. The van der Waals surface area contributed by atoms with Gasteiger partial charge in [-0.1, -0.05) is 24.3 Å². The third kappa shape index (κ3) is 4.23. The van der Waals surface area contributed by atoms with Gasteiger partial charge in [0.15, 0.2) is 11.6 Å². The Labute approximate surface area is 148 Å². The van der Waals surface area contributed by atoms with Gasteiger partial charge in [0.2, 0.25) is 0 Å². The van der Waals surface area contributed by atoms with Crippen LogP contribution in [0.4, 0.5) is 20.6 Å². The Kier molecular flexibility index (Phi) is 5.23. The van der Waals surface area contributed by atoms with Crippen molar-refractivity contribution in [2.24, 2.45) is 0 Å². The van der Waals surface area contributed by atoms with Crippen LogP contribution in [-0.2, 0) is 0 Å². The zero-order chi connectivity index (χ0) is 18.4. The second-order valence-electron chi connectivity index (χ2n) is 5.07. The normalized spacial score (nSPS) is 10.1. The number of amides is 2. The van der Waals surface area contributed by atoms with Gasteiger partial charge in [0.25, 0.3) is 0 Å². The highest BCUT2D eigenvalue weighted by molar-refractivity contribution is 6.00. The number of carbonyl (C=O) groups excluding carboxylic acids is 1. The number of rotatable bonds is 5. The fourth-order valence-corrected chi connectivity index (χ4v) is 2.09. The summed E-state index contributed by atoms with van der Waals surface area (Å²) in [5.74, 6) is 0.0316. The van der Waals surface area contributed by atoms with Gasteiger partial charge in [0, 0.05) is 0 Å². The minimum absolute atomic E-state index is 0.0159. The SMILES string of the molecule is COc1ccccc1NC(=O)Nc1cnc(Oc2ccccc2F)nc1. The lowest BCUT2D eigenvalue weighted by Crippen LogP contribution is -2.20. The van der Waals surface area contributed by atoms with Crippen molar-refractivity contribution in [1.29, 1.82) is 0 Å². The molecule has 0 atom stereocenters. The molecule has 0 spiro atoms. The molecular weight excluding hydrogens is 339 g/mol. The van der Waals surface area contributed by atoms with E-state index < -0.39 is 11.8 Å². The lowest BCUT2D eigenvalue weighted by molar-refractivity contribution is 0.262. The van der Waals surface area contributed by atoms with Gasteiger partial charge >= 0.3 is 12.0 Å². The van der Waals surface area contributed by atoms with Crippen LogP contribution in [0.25, 0.3) is 0 Å². The molecule has 0 aliphatic rings. The Hall–Kier alpha value is -3.68. The highest BCUT2D eigenvalue weighted by Crippen LogP contribution is 2.24. The van der Waals surface area contributed by atoms with Gasteiger partial charge in [0.05, 0.1) is 30.9 Å². The number of anilines is 2. The zero-order valence-corrected chi connectivity index (χ0v) is 13.8. The highest BCUT2D eigenvalue weighted by Gasteiger charge is 2.09. The molecule has 1 heterocycles. The molecule has 0 unspecified atom stereocenters. The van der Waals surface area contributed by atoms with E-state index in [0.29, 0.717) is 17.1 Å². The van der Waals surface area contributed by atoms with Gasteiger partial charge in [-0.05, 0) is 24.3 Å². The number of aromatic nitrogens is 2. The molecule has 0 bridgehead atoms. The summed E-state index contributed by atoms with van der Waals surface area (Å²) >= 11 is 0. The van der Waals surface area contributed by atoms with Crippen molar-refractivity contribution in [3.8, 4) is 17.5 Å². The molecule has 2 aromatic carbocycles. The number of nitrogens with one attached hydrogen (secondary N) is 2. The average molecular weight is 354 g/mol. The first-order valence-corrected chi connectivity index (χ1v) is 7.61. The summed E-state index contributed by atoms with van der Waals surface area (Å²) in [6, 6.07) is 12.4. The van der Waals surface area contributed by atoms with Crippen molar-refractivity contribution < 1.29 is 18.7 Å². The molecule has 26 heavy (non-hydrogen) atoms. The molecule has 7 nitrogen and oxygen atoms in total. The summed E-state index contributed by atoms with van der Waals surface area (Å²) < 4.78 is 24.0. The van der Waals surface area contributed by atoms with Gasteiger partial charge in [-0.25, -0.2) is 19.2 Å². The number of methoxy groups -OCH3 is 1. The molecule has 0 radical (unpaired) electrons. The molecule has 0 saturated carbocycles. The molecule has 1 aromatic heterocycles. The summed E-state index contributed by atoms with van der Waals surface area (Å²) in [6.45, 7) is 0. The predicted octanol–water partition coefficient (Wildman–Crippen LogP) is 4.06. The summed E-state index contributed by atoms with van der Waals surface area (Å²) in [6.07, 6.45) is 2.70. The van der Waals surface area contributed by atoms with Crippen molar-refractivity contribution in [2.45, 2.75) is 0 Å². The fraction of sp³-hybridized carbons (Fsp3) is 0.0556. The highest BCUT2D eigenvalue weighted by atomic mass is 19.1. The van der Waals surface area contributed by atoms with Crippen molar-refractivity contribution >= 4 is 17.4 Å². The van der Waals surface area contributed by atoms with Crippen LogP contribution >= 0.6 is 0 Å². The van der Waals surface area contributed by atoms with E-state index in [1.807, 2.05) is 0 Å². The van der Waals surface area contributed by atoms with Gasteiger partial charge in [0.1, 0.15) is 5.75 Å². The summed E-state index contributed by atoms with van der Waals surface area (Å²) in [5, 5.41) is 5.24. The van der Waals surface area contributed by atoms with Crippen LogP contribution in [0.15, 0.2) is 60.9 Å². The van der Waals surface area contributed by atoms with Crippen LogP contribution in [-0.4, -0.2) is 23.1 Å². The van der Waals surface area contributed by atoms with E-state index in [1.54, 1.807) is 36.4 Å². The minimum Gasteiger partial charge on any atom is -0.495 e. The van der Waals surface area contributed by atoms with E-state index in [-0.39, 0.29) is 11.8 Å². The number of hydrogen-bond acceptors (Lipinski definition) is 5. The first-order valence-electron chi connectivity index (χ1n) is 7.61. The number of para-hydroxylation sites is 3. The number of ether oxygens (including phenoxy) is 2. The number of urea groups is 1. The maximum atomic E-state index is 13.5. The number of hydrogen-bond donors (Lipinski definition) is 2. The Balaban J connectivity index is 1.62. The number of halogens is 1. The standard InChI is InChI=1S/C18H15FN4O3/c1-25-16-9-5-3-7-14(16)23-17(24)22-12-10-20-18(21-11-12)26-15-8-4-2-6-13(15)19/h2-11H,1H3,(H2,22,23,24). The monoisotopic (exact) mass is 354 g/mol. The zero-order valence-electron chi connectivity index (χ0n) is 13.8. The van der Waals surface area contributed by atoms with E-state index in [2.05, 4.69) is 20.6 Å². The van der Waals surface area contributed by atoms with Gasteiger partial charge in [-0.3, -0.25) is 0 Å². The first kappa shape index (κ1) is 17.2. The summed E-state index contributed by atoms with van der Waals surface area (Å²) in [5.41, 5.74) is 0.867. The smallest absolute Gasteiger partial charge is 0.323 e. The van der Waals surface area contributed by atoms with E-state index >= 15 is 0 Å². The molecule has 0 aliphatic heterocycles. The van der Waals surface area contributed by atoms with E-state index in [4.69, 9.17) is 9.47 Å². The van der Waals surface area contributed by atoms with E-state index in [1.165, 1.54) is 31.6 Å². The molecule has 0 aliphatic carbocycles. The second-order valence-corrected chi connectivity index (χ2v) is 5.07. The van der Waals surface area contributed by atoms with Crippen LogP contribution in [0.5, 0.6) is 17.5 Å². The van der Waals surface area contributed by atoms with Crippen LogP contribution in [0, 0.1) is 5.82 Å². The molecular formula is C18H15FN4O3. The third-order valence-electron chi connectivity index (χ3n) is 3.28. The minimum atomic E-state index is -0.519. The van der Waals surface area contributed by atoms with Crippen LogP contribution < -0.4 is 20.1 Å². The quantitative estimate of drug-likeness (QED) is 0.722. The predicted molar refractivity (Wildman–Crippen MR) is 94.1 cm³/mol. The van der Waals surface area contributed by atoms with Crippen LogP contribution in [0.2, 0.25) is 0 Å². The maximum Gasteiger partial charge on any atom is 0.323 e. The topological polar surface area (TPSA) is 85.4 Å². The lowest BCUT2D eigenvalue weighted by atomic mass is 10.3. The molecule has 2 amide bonds. The second kappa shape index (κ2) is 7.93. The number of carbonyl (C=O) groups is 1. The number of benzene rings is 2. The fourth-order valence-electron chi connectivity index (χ4n) is 2.09. The Morgan fingerprint density at radius 2 is 1.62 bits per heavy atom. The van der Waals surface area contributed by atoms with E-state index in [9.17, 15) is 9.18 Å². The molecule has 0 fully saturated rings. The Bertz CT molecular complexity index is 903. The average Bonchev–Trinajstić information content (AvgIpc) is 2.65. The lowest BCUT2D eigenvalue weighted by Gasteiger charge is -2.11. The molecule has 132 valence electrons. The van der Waals surface area contributed by atoms with Crippen molar-refractivity contribution in [3.63, 3.8) is 0 Å². The van der Waals surface area contributed by atoms with Gasteiger partial charge in [-0.2, -0.15) is 0 Å². The van der Waals surface area contributed by atoms with Gasteiger partial charge in [-0.15, -0.1) is 0 Å². The first-order chi connectivity index (χ1) is 12.7. The maximum absolute atomic E-state index is 13.5. The largest absolute Gasteiger partial charge is 0.495 e. The molecule has 3 aromatic rings. The van der Waals surface area contributed by atoms with E-state index in [0.717, 1.165) is 0 Å². The molecule has 8 heteroatoms. The Morgan fingerprint density at radius 3 is 2.31 bits per heavy atom. The van der Waals surface area contributed by atoms with Gasteiger partial charge < -0.3 is 20.1 Å². The summed E-state index contributed by atoms with van der Waals surface area (Å²) in [7, 11) is 1.51. The van der Waals surface area contributed by atoms with Crippen LogP contribution in [0.1, 0.15) is 0 Å². The third-order valence-corrected chi connectivity index (χ3v) is 3.28. The Morgan fingerprint density at radius 1 is 0.962 bits per heavy atom.